The van der Waals surface area contributed by atoms with Crippen molar-refractivity contribution in [3.63, 3.8) is 0 Å². The van der Waals surface area contributed by atoms with E-state index in [1.807, 2.05) is 9.95 Å². The van der Waals surface area contributed by atoms with Gasteiger partial charge in [0.05, 0.1) is 29.5 Å². The molecule has 1 aliphatic rings. The monoisotopic (exact) mass is 557 g/mol. The Bertz CT molecular complexity index is 1220. The van der Waals surface area contributed by atoms with Crippen molar-refractivity contribution in [1.29, 1.82) is 0 Å². The van der Waals surface area contributed by atoms with Crippen LogP contribution in [0.4, 0.5) is 10.1 Å². The third kappa shape index (κ3) is 5.97. The molecule has 33 heavy (non-hydrogen) atoms. The molecule has 1 aromatic heterocycles. The fourth-order valence-electron chi connectivity index (χ4n) is 3.45. The maximum atomic E-state index is 13.2. The van der Waals surface area contributed by atoms with E-state index in [9.17, 15) is 17.9 Å². The topological polar surface area (TPSA) is 84.1 Å². The lowest BCUT2D eigenvalue weighted by atomic mass is 10.2. The SMILES string of the molecule is Br.O=S(=O)(c1ccc(-c2csc(=Nc3ccc(F)cc3)n2CCCO)cc1)N1CCOCC1. The lowest BCUT2D eigenvalue weighted by molar-refractivity contribution is 0.0730. The molecule has 0 aliphatic carbocycles. The van der Waals surface area contributed by atoms with Crippen LogP contribution in [0.3, 0.4) is 0 Å². The smallest absolute Gasteiger partial charge is 0.243 e. The van der Waals surface area contributed by atoms with Crippen LogP contribution >= 0.6 is 28.3 Å². The summed E-state index contributed by atoms with van der Waals surface area (Å²) in [5, 5.41) is 11.3. The van der Waals surface area contributed by atoms with Crippen molar-refractivity contribution in [3.05, 3.63) is 64.5 Å². The minimum atomic E-state index is -3.56. The van der Waals surface area contributed by atoms with Gasteiger partial charge in [0.15, 0.2) is 4.80 Å². The Balaban J connectivity index is 0.00000306. The number of hydrogen-bond acceptors (Lipinski definition) is 6. The first-order chi connectivity index (χ1) is 15.5. The zero-order valence-corrected chi connectivity index (χ0v) is 21.1. The van der Waals surface area contributed by atoms with Crippen LogP contribution in [0.15, 0.2) is 63.8 Å². The van der Waals surface area contributed by atoms with Gasteiger partial charge >= 0.3 is 0 Å². The number of aliphatic hydroxyl groups excluding tert-OH is 1. The molecule has 0 spiro atoms. The van der Waals surface area contributed by atoms with Crippen molar-refractivity contribution in [1.82, 2.24) is 8.87 Å². The number of nitrogens with zero attached hydrogens (tertiary/aromatic N) is 3. The van der Waals surface area contributed by atoms with Gasteiger partial charge in [-0.2, -0.15) is 4.31 Å². The molecule has 1 saturated heterocycles. The van der Waals surface area contributed by atoms with E-state index in [0.717, 1.165) is 11.3 Å². The molecule has 4 rings (SSSR count). The molecule has 2 aromatic carbocycles. The summed E-state index contributed by atoms with van der Waals surface area (Å²) in [5.74, 6) is -0.323. The van der Waals surface area contributed by atoms with Crippen molar-refractivity contribution >= 4 is 44.0 Å². The summed E-state index contributed by atoms with van der Waals surface area (Å²) >= 11 is 1.43. The summed E-state index contributed by atoms with van der Waals surface area (Å²) in [5.41, 5.74) is 2.35. The molecule has 1 fully saturated rings. The Morgan fingerprint density at radius 3 is 2.36 bits per heavy atom. The van der Waals surface area contributed by atoms with E-state index in [0.29, 0.717) is 49.8 Å². The number of halogens is 2. The molecule has 0 unspecified atom stereocenters. The number of rotatable bonds is 7. The molecule has 0 radical (unpaired) electrons. The molecule has 0 atom stereocenters. The summed E-state index contributed by atoms with van der Waals surface area (Å²) in [7, 11) is -3.56. The van der Waals surface area contributed by atoms with E-state index in [2.05, 4.69) is 4.99 Å². The van der Waals surface area contributed by atoms with Gasteiger partial charge in [-0.05, 0) is 48.4 Å². The lowest BCUT2D eigenvalue weighted by Crippen LogP contribution is -2.40. The number of benzene rings is 2. The zero-order chi connectivity index (χ0) is 22.6. The standard InChI is InChI=1S/C22H24FN3O4S2.BrH/c23-18-4-6-19(7-5-18)24-22-26(10-1-13-27)21(16-31-22)17-2-8-20(9-3-17)32(28,29)25-11-14-30-15-12-25;/h2-9,16,27H,1,10-15H2;1H. The molecule has 1 N–H and O–H groups in total. The minimum absolute atomic E-state index is 0. The van der Waals surface area contributed by atoms with Gasteiger partial charge in [0.1, 0.15) is 5.82 Å². The van der Waals surface area contributed by atoms with Crippen molar-refractivity contribution in [2.75, 3.05) is 32.9 Å². The van der Waals surface area contributed by atoms with Crippen LogP contribution in [0.2, 0.25) is 0 Å². The highest BCUT2D eigenvalue weighted by Crippen LogP contribution is 2.25. The molecular weight excluding hydrogens is 533 g/mol. The van der Waals surface area contributed by atoms with E-state index < -0.39 is 10.0 Å². The number of sulfonamides is 1. The minimum Gasteiger partial charge on any atom is -0.396 e. The summed E-state index contributed by atoms with van der Waals surface area (Å²) in [6, 6.07) is 12.7. The number of aliphatic hydroxyl groups is 1. The van der Waals surface area contributed by atoms with Crippen molar-refractivity contribution < 1.29 is 22.7 Å². The van der Waals surface area contributed by atoms with Gasteiger partial charge in [0.25, 0.3) is 0 Å². The highest BCUT2D eigenvalue weighted by molar-refractivity contribution is 8.93. The Kier molecular flexibility index (Phi) is 8.96. The number of thiazole rings is 1. The third-order valence-corrected chi connectivity index (χ3v) is 7.92. The van der Waals surface area contributed by atoms with Gasteiger partial charge in [-0.3, -0.25) is 0 Å². The quantitative estimate of drug-likeness (QED) is 0.481. The Hall–Kier alpha value is -1.89. The number of aromatic nitrogens is 1. The maximum absolute atomic E-state index is 13.2. The molecule has 3 aromatic rings. The first-order valence-electron chi connectivity index (χ1n) is 10.3. The predicted octanol–water partition coefficient (Wildman–Crippen LogP) is 3.57. The van der Waals surface area contributed by atoms with E-state index in [1.165, 1.54) is 27.8 Å². The molecule has 178 valence electrons. The molecular formula is C22H25BrFN3O4S2. The number of ether oxygens (including phenoxy) is 1. The van der Waals surface area contributed by atoms with Crippen molar-refractivity contribution in [2.24, 2.45) is 4.99 Å². The summed E-state index contributed by atoms with van der Waals surface area (Å²) < 4.78 is 47.6. The molecule has 0 amide bonds. The fraction of sp³-hybridized carbons (Fsp3) is 0.318. The average Bonchev–Trinajstić information content (AvgIpc) is 3.22. The normalized spacial score (nSPS) is 15.4. The summed E-state index contributed by atoms with van der Waals surface area (Å²) in [6.45, 7) is 2.08. The molecule has 0 bridgehead atoms. The van der Waals surface area contributed by atoms with Crippen LogP contribution in [0.1, 0.15) is 6.42 Å². The van der Waals surface area contributed by atoms with Gasteiger partial charge in [-0.15, -0.1) is 28.3 Å². The fourth-order valence-corrected chi connectivity index (χ4v) is 5.82. The predicted molar refractivity (Wildman–Crippen MR) is 131 cm³/mol. The van der Waals surface area contributed by atoms with Crippen LogP contribution in [0, 0.1) is 5.82 Å². The Morgan fingerprint density at radius 2 is 1.73 bits per heavy atom. The van der Waals surface area contributed by atoms with Crippen LogP contribution in [0.5, 0.6) is 0 Å². The van der Waals surface area contributed by atoms with Crippen LogP contribution < -0.4 is 4.80 Å². The molecule has 11 heteroatoms. The second-order valence-corrected chi connectivity index (χ2v) is 10.0. The van der Waals surface area contributed by atoms with Crippen LogP contribution in [0.25, 0.3) is 11.3 Å². The molecule has 2 heterocycles. The van der Waals surface area contributed by atoms with E-state index in [4.69, 9.17) is 4.74 Å². The van der Waals surface area contributed by atoms with Crippen LogP contribution in [-0.2, 0) is 21.3 Å². The average molecular weight is 558 g/mol. The molecule has 1 aliphatic heterocycles. The van der Waals surface area contributed by atoms with Crippen molar-refractivity contribution in [3.8, 4) is 11.3 Å². The van der Waals surface area contributed by atoms with E-state index in [1.54, 1.807) is 36.4 Å². The van der Waals surface area contributed by atoms with Gasteiger partial charge in [-0.1, -0.05) is 12.1 Å². The maximum Gasteiger partial charge on any atom is 0.243 e. The van der Waals surface area contributed by atoms with Crippen molar-refractivity contribution in [2.45, 2.75) is 17.9 Å². The number of morpholine rings is 1. The van der Waals surface area contributed by atoms with Gasteiger partial charge in [0, 0.05) is 31.6 Å². The third-order valence-electron chi connectivity index (χ3n) is 5.15. The van der Waals surface area contributed by atoms with Gasteiger partial charge < -0.3 is 14.4 Å². The summed E-state index contributed by atoms with van der Waals surface area (Å²) in [6.07, 6.45) is 0.545. The zero-order valence-electron chi connectivity index (χ0n) is 17.8. The number of hydrogen-bond donors (Lipinski definition) is 1. The van der Waals surface area contributed by atoms with E-state index >= 15 is 0 Å². The molecule has 0 saturated carbocycles. The summed E-state index contributed by atoms with van der Waals surface area (Å²) in [4.78, 5) is 5.58. The highest BCUT2D eigenvalue weighted by Gasteiger charge is 2.26. The van der Waals surface area contributed by atoms with Crippen LogP contribution in [-0.4, -0.2) is 55.3 Å². The van der Waals surface area contributed by atoms with E-state index in [-0.39, 0.29) is 34.3 Å². The van der Waals surface area contributed by atoms with Gasteiger partial charge in [-0.25, -0.2) is 17.8 Å². The Labute approximate surface area is 206 Å². The highest BCUT2D eigenvalue weighted by atomic mass is 79.9. The second-order valence-electron chi connectivity index (χ2n) is 7.26. The first kappa shape index (κ1) is 25.7. The second kappa shape index (κ2) is 11.5. The lowest BCUT2D eigenvalue weighted by Gasteiger charge is -2.26. The molecule has 7 nitrogen and oxygen atoms in total. The Morgan fingerprint density at radius 1 is 1.06 bits per heavy atom. The largest absolute Gasteiger partial charge is 0.396 e. The van der Waals surface area contributed by atoms with Gasteiger partial charge in [0.2, 0.25) is 10.0 Å². The first-order valence-corrected chi connectivity index (χ1v) is 12.6.